The van der Waals surface area contributed by atoms with Gasteiger partial charge in [0.2, 0.25) is 5.91 Å². The van der Waals surface area contributed by atoms with E-state index in [1.165, 1.54) is 0 Å². The lowest BCUT2D eigenvalue weighted by atomic mass is 9.95. The standard InChI is InChI=1S/C20H32FN5O/c1-4-25(5-2)18-9-8-15(11-17(18)21)13-24-20(23-3)26-10-6-7-16(14-26)12-19(22)27/h8-9,11,16H,4-7,10,12-14H2,1-3H3,(H2,22,27)(H,23,24). The number of anilines is 1. The first-order chi connectivity index (χ1) is 13.0. The second kappa shape index (κ2) is 10.1. The summed E-state index contributed by atoms with van der Waals surface area (Å²) >= 11 is 0. The Morgan fingerprint density at radius 1 is 1.41 bits per heavy atom. The number of likely N-dealkylation sites (tertiary alicyclic amines) is 1. The molecule has 1 aromatic rings. The quantitative estimate of drug-likeness (QED) is 0.565. The van der Waals surface area contributed by atoms with Crippen LogP contribution < -0.4 is 16.0 Å². The van der Waals surface area contributed by atoms with Crippen LogP contribution in [0.3, 0.4) is 0 Å². The molecule has 1 saturated heterocycles. The molecule has 1 unspecified atom stereocenters. The molecule has 150 valence electrons. The number of primary amides is 1. The van der Waals surface area contributed by atoms with Crippen LogP contribution in [0.4, 0.5) is 10.1 Å². The van der Waals surface area contributed by atoms with Crippen LogP contribution in [0.5, 0.6) is 0 Å². The van der Waals surface area contributed by atoms with E-state index in [9.17, 15) is 9.18 Å². The van der Waals surface area contributed by atoms with E-state index in [1.807, 2.05) is 30.9 Å². The molecule has 0 spiro atoms. The van der Waals surface area contributed by atoms with Gasteiger partial charge in [0.05, 0.1) is 5.69 Å². The van der Waals surface area contributed by atoms with Crippen LogP contribution in [0.25, 0.3) is 0 Å². The summed E-state index contributed by atoms with van der Waals surface area (Å²) in [6, 6.07) is 5.37. The number of hydrogen-bond acceptors (Lipinski definition) is 3. The number of amides is 1. The Balaban J connectivity index is 1.97. The molecule has 1 aliphatic rings. The number of piperidine rings is 1. The fourth-order valence-electron chi connectivity index (χ4n) is 3.70. The number of nitrogens with zero attached hydrogens (tertiary/aromatic N) is 3. The third-order valence-electron chi connectivity index (χ3n) is 5.09. The van der Waals surface area contributed by atoms with E-state index in [4.69, 9.17) is 5.73 Å². The Morgan fingerprint density at radius 3 is 2.74 bits per heavy atom. The predicted octanol–water partition coefficient (Wildman–Crippen LogP) is 2.33. The fourth-order valence-corrected chi connectivity index (χ4v) is 3.70. The average Bonchev–Trinajstić information content (AvgIpc) is 2.64. The Kier molecular flexibility index (Phi) is 7.88. The third-order valence-corrected chi connectivity index (χ3v) is 5.09. The second-order valence-corrected chi connectivity index (χ2v) is 6.98. The van der Waals surface area contributed by atoms with Crippen molar-refractivity contribution in [2.45, 2.75) is 39.7 Å². The summed E-state index contributed by atoms with van der Waals surface area (Å²) in [5.41, 5.74) is 6.85. The van der Waals surface area contributed by atoms with E-state index in [1.54, 1.807) is 13.1 Å². The van der Waals surface area contributed by atoms with Crippen molar-refractivity contribution in [2.24, 2.45) is 16.6 Å². The van der Waals surface area contributed by atoms with Crippen molar-refractivity contribution in [3.05, 3.63) is 29.6 Å². The summed E-state index contributed by atoms with van der Waals surface area (Å²) < 4.78 is 14.5. The maximum atomic E-state index is 14.5. The fraction of sp³-hybridized carbons (Fsp3) is 0.600. The van der Waals surface area contributed by atoms with Gasteiger partial charge in [-0.3, -0.25) is 9.79 Å². The molecule has 3 N–H and O–H groups in total. The van der Waals surface area contributed by atoms with E-state index >= 15 is 0 Å². The minimum absolute atomic E-state index is 0.201. The van der Waals surface area contributed by atoms with Crippen molar-refractivity contribution in [1.29, 1.82) is 0 Å². The number of rotatable bonds is 7. The molecular formula is C20H32FN5O. The molecule has 0 aliphatic carbocycles. The van der Waals surface area contributed by atoms with Crippen molar-refractivity contribution in [3.63, 3.8) is 0 Å². The van der Waals surface area contributed by atoms with Gasteiger partial charge in [-0.15, -0.1) is 0 Å². The van der Waals surface area contributed by atoms with Gasteiger partial charge in [0.1, 0.15) is 5.82 Å². The van der Waals surface area contributed by atoms with Crippen LogP contribution >= 0.6 is 0 Å². The van der Waals surface area contributed by atoms with Crippen molar-refractivity contribution < 1.29 is 9.18 Å². The normalized spacial score (nSPS) is 17.7. The zero-order chi connectivity index (χ0) is 19.8. The molecular weight excluding hydrogens is 345 g/mol. The highest BCUT2D eigenvalue weighted by Gasteiger charge is 2.23. The number of guanidine groups is 1. The molecule has 1 fully saturated rings. The van der Waals surface area contributed by atoms with Crippen molar-refractivity contribution in [2.75, 3.05) is 38.1 Å². The molecule has 7 heteroatoms. The molecule has 0 aromatic heterocycles. The Hall–Kier alpha value is -2.31. The molecule has 27 heavy (non-hydrogen) atoms. The average molecular weight is 378 g/mol. The SMILES string of the molecule is CCN(CC)c1ccc(CNC(=NC)N2CCCC(CC(N)=O)C2)cc1F. The summed E-state index contributed by atoms with van der Waals surface area (Å²) in [5, 5.41) is 3.31. The number of hydrogen-bond donors (Lipinski definition) is 2. The van der Waals surface area contributed by atoms with Gasteiger partial charge in [-0.25, -0.2) is 4.39 Å². The van der Waals surface area contributed by atoms with Crippen molar-refractivity contribution in [1.82, 2.24) is 10.2 Å². The largest absolute Gasteiger partial charge is 0.370 e. The predicted molar refractivity (Wildman–Crippen MR) is 108 cm³/mol. The van der Waals surface area contributed by atoms with E-state index in [2.05, 4.69) is 15.2 Å². The smallest absolute Gasteiger partial charge is 0.217 e. The molecule has 1 aliphatic heterocycles. The zero-order valence-corrected chi connectivity index (χ0v) is 16.7. The third kappa shape index (κ3) is 5.84. The van der Waals surface area contributed by atoms with Gasteiger partial charge in [0.25, 0.3) is 0 Å². The lowest BCUT2D eigenvalue weighted by Gasteiger charge is -2.34. The van der Waals surface area contributed by atoms with Gasteiger partial charge in [-0.05, 0) is 50.3 Å². The van der Waals surface area contributed by atoms with Crippen molar-refractivity contribution in [3.8, 4) is 0 Å². The molecule has 1 atom stereocenters. The molecule has 0 saturated carbocycles. The lowest BCUT2D eigenvalue weighted by molar-refractivity contribution is -0.119. The molecule has 1 heterocycles. The van der Waals surface area contributed by atoms with Gasteiger partial charge in [0, 0.05) is 46.2 Å². The number of carbonyl (C=O) groups excluding carboxylic acids is 1. The van der Waals surface area contributed by atoms with E-state index in [0.29, 0.717) is 18.7 Å². The Bertz CT molecular complexity index is 660. The molecule has 1 aromatic carbocycles. The van der Waals surface area contributed by atoms with Crippen LogP contribution in [-0.4, -0.2) is 50.0 Å². The minimum Gasteiger partial charge on any atom is -0.370 e. The van der Waals surface area contributed by atoms with Crippen LogP contribution in [0, 0.1) is 11.7 Å². The van der Waals surface area contributed by atoms with Crippen molar-refractivity contribution >= 4 is 17.6 Å². The van der Waals surface area contributed by atoms with E-state index < -0.39 is 0 Å². The van der Waals surface area contributed by atoms with Crippen LogP contribution in [-0.2, 0) is 11.3 Å². The molecule has 0 radical (unpaired) electrons. The first-order valence-corrected chi connectivity index (χ1v) is 9.75. The second-order valence-electron chi connectivity index (χ2n) is 6.98. The van der Waals surface area contributed by atoms with E-state index in [-0.39, 0.29) is 17.6 Å². The maximum Gasteiger partial charge on any atom is 0.217 e. The summed E-state index contributed by atoms with van der Waals surface area (Å²) in [5.74, 6) is 0.582. The number of halogens is 1. The topological polar surface area (TPSA) is 74.0 Å². The number of aliphatic imine (C=N–C) groups is 1. The summed E-state index contributed by atoms with van der Waals surface area (Å²) in [7, 11) is 1.74. The number of nitrogens with one attached hydrogen (secondary N) is 1. The molecule has 0 bridgehead atoms. The number of benzene rings is 1. The highest BCUT2D eigenvalue weighted by atomic mass is 19.1. The first kappa shape index (κ1) is 21.0. The zero-order valence-electron chi connectivity index (χ0n) is 16.7. The van der Waals surface area contributed by atoms with Gasteiger partial charge in [0.15, 0.2) is 5.96 Å². The molecule has 1 amide bonds. The monoisotopic (exact) mass is 377 g/mol. The van der Waals surface area contributed by atoms with Crippen LogP contribution in [0.2, 0.25) is 0 Å². The van der Waals surface area contributed by atoms with Gasteiger partial charge in [-0.1, -0.05) is 6.07 Å². The van der Waals surface area contributed by atoms with Gasteiger partial charge < -0.3 is 20.9 Å². The number of nitrogens with two attached hydrogens (primary N) is 1. The molecule has 6 nitrogen and oxygen atoms in total. The van der Waals surface area contributed by atoms with Gasteiger partial charge in [-0.2, -0.15) is 0 Å². The lowest BCUT2D eigenvalue weighted by Crippen LogP contribution is -2.46. The molecule has 2 rings (SSSR count). The highest BCUT2D eigenvalue weighted by molar-refractivity contribution is 5.80. The maximum absolute atomic E-state index is 14.5. The Morgan fingerprint density at radius 2 is 2.15 bits per heavy atom. The first-order valence-electron chi connectivity index (χ1n) is 9.75. The van der Waals surface area contributed by atoms with E-state index in [0.717, 1.165) is 50.5 Å². The van der Waals surface area contributed by atoms with Crippen LogP contribution in [0.15, 0.2) is 23.2 Å². The number of carbonyl (C=O) groups is 1. The van der Waals surface area contributed by atoms with Crippen LogP contribution in [0.1, 0.15) is 38.7 Å². The highest BCUT2D eigenvalue weighted by Crippen LogP contribution is 2.21. The Labute approximate surface area is 161 Å². The summed E-state index contributed by atoms with van der Waals surface area (Å²) in [4.78, 5) is 19.7. The minimum atomic E-state index is -0.256. The van der Waals surface area contributed by atoms with Gasteiger partial charge >= 0.3 is 0 Å². The summed E-state index contributed by atoms with van der Waals surface area (Å²) in [6.07, 6.45) is 2.42. The summed E-state index contributed by atoms with van der Waals surface area (Å²) in [6.45, 7) is 7.75.